The van der Waals surface area contributed by atoms with Crippen LogP contribution in [-0.4, -0.2) is 31.0 Å². The van der Waals surface area contributed by atoms with Crippen LogP contribution in [0.3, 0.4) is 0 Å². The van der Waals surface area contributed by atoms with Gasteiger partial charge in [0, 0.05) is 24.4 Å². The largest absolute Gasteiger partial charge is 0.507 e. The van der Waals surface area contributed by atoms with Crippen molar-refractivity contribution in [2.24, 2.45) is 0 Å². The number of benzene rings is 3. The van der Waals surface area contributed by atoms with Crippen molar-refractivity contribution < 1.29 is 19.4 Å². The van der Waals surface area contributed by atoms with E-state index in [-0.39, 0.29) is 23.0 Å². The first-order chi connectivity index (χ1) is 14.0. The summed E-state index contributed by atoms with van der Waals surface area (Å²) in [6.07, 6.45) is 3.02. The number of phenols is 1. The van der Waals surface area contributed by atoms with E-state index in [1.165, 1.54) is 25.3 Å². The highest BCUT2D eigenvalue weighted by Crippen LogP contribution is 2.24. The summed E-state index contributed by atoms with van der Waals surface area (Å²) in [5, 5.41) is 9.96. The van der Waals surface area contributed by atoms with E-state index in [4.69, 9.17) is 4.74 Å². The lowest BCUT2D eigenvalue weighted by Crippen LogP contribution is -2.26. The molecule has 5 nitrogen and oxygen atoms in total. The average Bonchev–Trinajstić information content (AvgIpc) is 2.77. The molecule has 1 N–H and O–H groups in total. The molecule has 0 radical (unpaired) electrons. The normalized spacial score (nSPS) is 10.7. The maximum Gasteiger partial charge on any atom is 0.258 e. The second-order valence-electron chi connectivity index (χ2n) is 6.40. The smallest absolute Gasteiger partial charge is 0.258 e. The molecule has 1 amide bonds. The molecule has 29 heavy (non-hydrogen) atoms. The van der Waals surface area contributed by atoms with Crippen LogP contribution in [-0.2, 0) is 0 Å². The lowest BCUT2D eigenvalue weighted by molar-refractivity contribution is 0.0991. The van der Waals surface area contributed by atoms with Crippen molar-refractivity contribution in [2.75, 3.05) is 19.1 Å². The number of anilines is 1. The van der Waals surface area contributed by atoms with Gasteiger partial charge in [-0.1, -0.05) is 36.4 Å². The molecule has 0 saturated heterocycles. The number of ether oxygens (including phenoxy) is 1. The first kappa shape index (κ1) is 19.9. The van der Waals surface area contributed by atoms with Gasteiger partial charge in [0.05, 0.1) is 12.7 Å². The molecule has 0 aliphatic heterocycles. The monoisotopic (exact) mass is 387 g/mol. The molecule has 5 heteroatoms. The van der Waals surface area contributed by atoms with Gasteiger partial charge in [-0.25, -0.2) is 0 Å². The van der Waals surface area contributed by atoms with E-state index in [9.17, 15) is 14.7 Å². The van der Waals surface area contributed by atoms with Gasteiger partial charge in [0.15, 0.2) is 5.78 Å². The molecular weight excluding hydrogens is 366 g/mol. The third kappa shape index (κ3) is 4.71. The van der Waals surface area contributed by atoms with E-state index < -0.39 is 0 Å². The number of aromatic hydroxyl groups is 1. The maximum absolute atomic E-state index is 12.6. The van der Waals surface area contributed by atoms with E-state index in [0.29, 0.717) is 11.3 Å². The van der Waals surface area contributed by atoms with Gasteiger partial charge >= 0.3 is 0 Å². The molecule has 0 unspecified atom stereocenters. The van der Waals surface area contributed by atoms with Crippen LogP contribution in [0.25, 0.3) is 6.08 Å². The Kier molecular flexibility index (Phi) is 6.09. The minimum Gasteiger partial charge on any atom is -0.507 e. The van der Waals surface area contributed by atoms with Crippen molar-refractivity contribution in [3.63, 3.8) is 0 Å². The minimum atomic E-state index is -0.325. The second-order valence-corrected chi connectivity index (χ2v) is 6.40. The summed E-state index contributed by atoms with van der Waals surface area (Å²) in [5.41, 5.74) is 2.32. The zero-order valence-corrected chi connectivity index (χ0v) is 16.2. The highest BCUT2D eigenvalue weighted by Gasteiger charge is 2.13. The quantitative estimate of drug-likeness (QED) is 0.497. The number of carbonyl (C=O) groups is 2. The highest BCUT2D eigenvalue weighted by molar-refractivity contribution is 6.09. The number of carbonyl (C=O) groups excluding carboxylic acids is 2. The Morgan fingerprint density at radius 1 is 0.966 bits per heavy atom. The zero-order chi connectivity index (χ0) is 20.8. The van der Waals surface area contributed by atoms with Crippen LogP contribution in [0.5, 0.6) is 11.5 Å². The molecule has 0 fully saturated rings. The van der Waals surface area contributed by atoms with Crippen LogP contribution in [0.15, 0.2) is 78.9 Å². The Morgan fingerprint density at radius 3 is 2.28 bits per heavy atom. The maximum atomic E-state index is 12.6. The molecule has 0 atom stereocenters. The average molecular weight is 387 g/mol. The van der Waals surface area contributed by atoms with E-state index in [0.717, 1.165) is 11.3 Å². The van der Waals surface area contributed by atoms with Crippen LogP contribution in [0.4, 0.5) is 5.69 Å². The summed E-state index contributed by atoms with van der Waals surface area (Å²) < 4.78 is 5.01. The second kappa shape index (κ2) is 8.89. The van der Waals surface area contributed by atoms with Crippen molar-refractivity contribution in [3.8, 4) is 11.5 Å². The zero-order valence-electron chi connectivity index (χ0n) is 16.2. The molecule has 0 aliphatic carbocycles. The molecule has 0 saturated carbocycles. The molecule has 3 aromatic rings. The number of amides is 1. The highest BCUT2D eigenvalue weighted by atomic mass is 16.5. The standard InChI is InChI=1S/C24H21NO4/c1-25(19-6-4-3-5-7-19)24(28)18-11-8-17(9-12-18)10-15-22(26)21-14-13-20(29-2)16-23(21)27/h3-16,27H,1-2H3/b15-10+. The number of hydrogen-bond acceptors (Lipinski definition) is 4. The van der Waals surface area contributed by atoms with E-state index in [1.54, 1.807) is 48.4 Å². The predicted octanol–water partition coefficient (Wildman–Crippen LogP) is 4.57. The molecule has 3 rings (SSSR count). The van der Waals surface area contributed by atoms with Crippen LogP contribution in [0.2, 0.25) is 0 Å². The number of rotatable bonds is 6. The third-order valence-electron chi connectivity index (χ3n) is 4.50. The molecule has 3 aromatic carbocycles. The van der Waals surface area contributed by atoms with Crippen LogP contribution < -0.4 is 9.64 Å². The predicted molar refractivity (Wildman–Crippen MR) is 114 cm³/mol. The van der Waals surface area contributed by atoms with Crippen LogP contribution >= 0.6 is 0 Å². The fourth-order valence-electron chi connectivity index (χ4n) is 2.81. The van der Waals surface area contributed by atoms with E-state index in [2.05, 4.69) is 0 Å². The van der Waals surface area contributed by atoms with Gasteiger partial charge < -0.3 is 14.7 Å². The fourth-order valence-corrected chi connectivity index (χ4v) is 2.81. The van der Waals surface area contributed by atoms with Crippen molar-refractivity contribution in [1.82, 2.24) is 0 Å². The first-order valence-corrected chi connectivity index (χ1v) is 9.02. The van der Waals surface area contributed by atoms with E-state index in [1.807, 2.05) is 30.3 Å². The Balaban J connectivity index is 1.70. The summed E-state index contributed by atoms with van der Waals surface area (Å²) in [6, 6.07) is 20.9. The summed E-state index contributed by atoms with van der Waals surface area (Å²) in [6.45, 7) is 0. The number of nitrogens with zero attached hydrogens (tertiary/aromatic N) is 1. The number of para-hydroxylation sites is 1. The van der Waals surface area contributed by atoms with Gasteiger partial charge in [0.2, 0.25) is 0 Å². The lowest BCUT2D eigenvalue weighted by atomic mass is 10.1. The topological polar surface area (TPSA) is 66.8 Å². The first-order valence-electron chi connectivity index (χ1n) is 9.02. The molecule has 146 valence electrons. The Bertz CT molecular complexity index is 1040. The summed E-state index contributed by atoms with van der Waals surface area (Å²) in [4.78, 5) is 26.5. The number of allylic oxidation sites excluding steroid dienone is 1. The van der Waals surface area contributed by atoms with E-state index >= 15 is 0 Å². The molecule has 0 spiro atoms. The molecule has 0 bridgehead atoms. The number of methoxy groups -OCH3 is 1. The SMILES string of the molecule is COc1ccc(C(=O)/C=C/c2ccc(C(=O)N(C)c3ccccc3)cc2)c(O)c1. The number of hydrogen-bond donors (Lipinski definition) is 1. The summed E-state index contributed by atoms with van der Waals surface area (Å²) >= 11 is 0. The molecular formula is C24H21NO4. The molecule has 0 aliphatic rings. The Hall–Kier alpha value is -3.86. The lowest BCUT2D eigenvalue weighted by Gasteiger charge is -2.17. The minimum absolute atomic E-state index is 0.119. The van der Waals surface area contributed by atoms with Gasteiger partial charge in [0.25, 0.3) is 5.91 Å². The van der Waals surface area contributed by atoms with Gasteiger partial charge in [-0.3, -0.25) is 9.59 Å². The fraction of sp³-hybridized carbons (Fsp3) is 0.0833. The van der Waals surface area contributed by atoms with Crippen molar-refractivity contribution in [2.45, 2.75) is 0 Å². The van der Waals surface area contributed by atoms with Crippen molar-refractivity contribution in [3.05, 3.63) is 95.6 Å². The molecule has 0 aromatic heterocycles. The van der Waals surface area contributed by atoms with Crippen LogP contribution in [0.1, 0.15) is 26.3 Å². The summed E-state index contributed by atoms with van der Waals surface area (Å²) in [5.74, 6) is -0.104. The van der Waals surface area contributed by atoms with Gasteiger partial charge in [-0.2, -0.15) is 0 Å². The van der Waals surface area contributed by atoms with Crippen molar-refractivity contribution in [1.29, 1.82) is 0 Å². The Morgan fingerprint density at radius 2 is 1.66 bits per heavy atom. The molecule has 0 heterocycles. The van der Waals surface area contributed by atoms with Gasteiger partial charge in [-0.05, 0) is 48.0 Å². The van der Waals surface area contributed by atoms with Crippen molar-refractivity contribution >= 4 is 23.5 Å². The van der Waals surface area contributed by atoms with Gasteiger partial charge in [0.1, 0.15) is 11.5 Å². The number of ketones is 1. The van der Waals surface area contributed by atoms with Gasteiger partial charge in [-0.15, -0.1) is 0 Å². The van der Waals surface area contributed by atoms with Crippen LogP contribution in [0, 0.1) is 0 Å². The third-order valence-corrected chi connectivity index (χ3v) is 4.50. The number of phenolic OH excluding ortho intramolecular Hbond substituents is 1. The summed E-state index contributed by atoms with van der Waals surface area (Å²) in [7, 11) is 3.22. The Labute approximate surface area is 169 Å².